The van der Waals surface area contributed by atoms with Crippen molar-refractivity contribution in [3.8, 4) is 0 Å². The van der Waals surface area contributed by atoms with Crippen LogP contribution in [0.5, 0.6) is 0 Å². The second-order valence-corrected chi connectivity index (χ2v) is 8.29. The average Bonchev–Trinajstić information content (AvgIpc) is 3.27. The number of rotatable bonds is 5. The highest BCUT2D eigenvalue weighted by Gasteiger charge is 2.44. The molecule has 4 heteroatoms. The summed E-state index contributed by atoms with van der Waals surface area (Å²) in [7, 11) is 0. The largest absolute Gasteiger partial charge is 0.381 e. The molecule has 0 radical (unpaired) electrons. The lowest BCUT2D eigenvalue weighted by molar-refractivity contribution is -0.127. The summed E-state index contributed by atoms with van der Waals surface area (Å²) >= 11 is 0. The molecule has 1 aromatic carbocycles. The third-order valence-corrected chi connectivity index (χ3v) is 6.30. The molecule has 3 aliphatic rings. The van der Waals surface area contributed by atoms with Crippen LogP contribution in [0.1, 0.15) is 31.2 Å². The van der Waals surface area contributed by atoms with Crippen molar-refractivity contribution in [3.05, 3.63) is 42.0 Å². The van der Waals surface area contributed by atoms with Gasteiger partial charge in [-0.2, -0.15) is 0 Å². The molecule has 1 amide bonds. The van der Waals surface area contributed by atoms with Crippen LogP contribution in [0, 0.1) is 11.3 Å². The monoisotopic (exact) mass is 354 g/mol. The number of ether oxygens (including phenoxy) is 1. The maximum atomic E-state index is 12.5. The van der Waals surface area contributed by atoms with Gasteiger partial charge in [-0.25, -0.2) is 0 Å². The van der Waals surface area contributed by atoms with Crippen LogP contribution in [0.4, 0.5) is 0 Å². The first kappa shape index (κ1) is 17.7. The van der Waals surface area contributed by atoms with E-state index in [1.807, 2.05) is 18.2 Å². The van der Waals surface area contributed by atoms with Gasteiger partial charge in [-0.3, -0.25) is 4.79 Å². The highest BCUT2D eigenvalue weighted by atomic mass is 16.5. The van der Waals surface area contributed by atoms with Crippen LogP contribution >= 0.6 is 0 Å². The number of piperidine rings is 1. The van der Waals surface area contributed by atoms with E-state index in [-0.39, 0.29) is 5.41 Å². The normalized spacial score (nSPS) is 26.4. The molecule has 1 aromatic rings. The van der Waals surface area contributed by atoms with Gasteiger partial charge in [-0.1, -0.05) is 42.5 Å². The molecule has 0 bridgehead atoms. The fourth-order valence-electron chi connectivity index (χ4n) is 4.67. The predicted molar refractivity (Wildman–Crippen MR) is 104 cm³/mol. The van der Waals surface area contributed by atoms with Crippen molar-refractivity contribution in [2.24, 2.45) is 11.3 Å². The molecule has 4 rings (SSSR count). The molecule has 3 heterocycles. The van der Waals surface area contributed by atoms with Crippen molar-refractivity contribution in [2.75, 3.05) is 45.9 Å². The van der Waals surface area contributed by atoms with Gasteiger partial charge in [0.2, 0.25) is 5.91 Å². The zero-order chi connectivity index (χ0) is 17.8. The van der Waals surface area contributed by atoms with Crippen LogP contribution in [0.2, 0.25) is 0 Å². The lowest BCUT2D eigenvalue weighted by Gasteiger charge is -2.39. The molecule has 26 heavy (non-hydrogen) atoms. The molecular formula is C22H30N2O2. The Labute approximate surface area is 156 Å². The first-order chi connectivity index (χ1) is 12.7. The molecule has 4 nitrogen and oxygen atoms in total. The van der Waals surface area contributed by atoms with E-state index in [1.165, 1.54) is 18.5 Å². The molecule has 0 aromatic heterocycles. The summed E-state index contributed by atoms with van der Waals surface area (Å²) in [5.74, 6) is 1.05. The Morgan fingerprint density at radius 2 is 2.00 bits per heavy atom. The van der Waals surface area contributed by atoms with Crippen LogP contribution in [0.3, 0.4) is 0 Å². The number of carbonyl (C=O) groups excluding carboxylic acids is 1. The quantitative estimate of drug-likeness (QED) is 0.815. The van der Waals surface area contributed by atoms with Gasteiger partial charge in [-0.05, 0) is 49.2 Å². The molecule has 140 valence electrons. The molecule has 0 saturated carbocycles. The zero-order valence-electron chi connectivity index (χ0n) is 15.6. The van der Waals surface area contributed by atoms with Gasteiger partial charge >= 0.3 is 0 Å². The van der Waals surface area contributed by atoms with Crippen LogP contribution in [0.15, 0.2) is 36.4 Å². The first-order valence-electron chi connectivity index (χ1n) is 10.0. The molecule has 3 aliphatic heterocycles. The van der Waals surface area contributed by atoms with Crippen molar-refractivity contribution in [2.45, 2.75) is 25.7 Å². The van der Waals surface area contributed by atoms with Crippen molar-refractivity contribution in [3.63, 3.8) is 0 Å². The van der Waals surface area contributed by atoms with Gasteiger partial charge < -0.3 is 14.5 Å². The van der Waals surface area contributed by atoms with Gasteiger partial charge in [0, 0.05) is 32.7 Å². The third-order valence-electron chi connectivity index (χ3n) is 6.30. The van der Waals surface area contributed by atoms with Gasteiger partial charge in [0.25, 0.3) is 0 Å². The summed E-state index contributed by atoms with van der Waals surface area (Å²) in [4.78, 5) is 17.2. The Bertz CT molecular complexity index is 629. The van der Waals surface area contributed by atoms with Crippen LogP contribution in [-0.2, 0) is 9.53 Å². The number of hydrogen-bond donors (Lipinski definition) is 0. The number of amides is 1. The van der Waals surface area contributed by atoms with Crippen molar-refractivity contribution >= 4 is 12.0 Å². The summed E-state index contributed by atoms with van der Waals surface area (Å²) in [5, 5.41) is 0. The van der Waals surface area contributed by atoms with Crippen LogP contribution in [0.25, 0.3) is 6.08 Å². The van der Waals surface area contributed by atoms with E-state index in [9.17, 15) is 4.79 Å². The van der Waals surface area contributed by atoms with Crippen molar-refractivity contribution in [1.82, 2.24) is 9.80 Å². The van der Waals surface area contributed by atoms with E-state index in [0.717, 1.165) is 58.7 Å². The Morgan fingerprint density at radius 1 is 1.19 bits per heavy atom. The van der Waals surface area contributed by atoms with E-state index in [1.54, 1.807) is 0 Å². The SMILES string of the molecule is O=C1CC2(CCN(CC3CCOC3)CC2)CN1CC=Cc1ccccc1. The van der Waals surface area contributed by atoms with E-state index in [2.05, 4.69) is 34.1 Å². The number of benzene rings is 1. The zero-order valence-corrected chi connectivity index (χ0v) is 15.6. The molecule has 3 fully saturated rings. The Kier molecular flexibility index (Phi) is 5.41. The first-order valence-corrected chi connectivity index (χ1v) is 10.0. The molecular weight excluding hydrogens is 324 g/mol. The smallest absolute Gasteiger partial charge is 0.223 e. The van der Waals surface area contributed by atoms with Crippen LogP contribution in [-0.4, -0.2) is 61.6 Å². The molecule has 1 unspecified atom stereocenters. The predicted octanol–water partition coefficient (Wildman–Crippen LogP) is 3.05. The lowest BCUT2D eigenvalue weighted by atomic mass is 9.77. The lowest BCUT2D eigenvalue weighted by Crippen LogP contribution is -2.43. The summed E-state index contributed by atoms with van der Waals surface area (Å²) in [5.41, 5.74) is 1.42. The van der Waals surface area contributed by atoms with E-state index < -0.39 is 0 Å². The molecule has 0 aliphatic carbocycles. The fourth-order valence-corrected chi connectivity index (χ4v) is 4.67. The van der Waals surface area contributed by atoms with Gasteiger partial charge in [0.15, 0.2) is 0 Å². The van der Waals surface area contributed by atoms with Crippen LogP contribution < -0.4 is 0 Å². The molecule has 1 spiro atoms. The number of carbonyl (C=O) groups is 1. The minimum absolute atomic E-state index is 0.223. The molecule has 0 N–H and O–H groups in total. The standard InChI is InChI=1S/C22H30N2O2/c25-21-15-22(9-12-23(13-10-22)16-20-8-14-26-17-20)18-24(21)11-4-7-19-5-2-1-3-6-19/h1-7,20H,8-18H2. The van der Waals surface area contributed by atoms with E-state index >= 15 is 0 Å². The second-order valence-electron chi connectivity index (χ2n) is 8.29. The Hall–Kier alpha value is -1.65. The Morgan fingerprint density at radius 3 is 2.73 bits per heavy atom. The molecule has 1 atom stereocenters. The third kappa shape index (κ3) is 4.18. The number of nitrogens with zero attached hydrogens (tertiary/aromatic N) is 2. The average molecular weight is 354 g/mol. The highest BCUT2D eigenvalue weighted by Crippen LogP contribution is 2.41. The van der Waals surface area contributed by atoms with E-state index in [0.29, 0.717) is 11.8 Å². The maximum Gasteiger partial charge on any atom is 0.223 e. The minimum atomic E-state index is 0.223. The maximum absolute atomic E-state index is 12.5. The minimum Gasteiger partial charge on any atom is -0.381 e. The topological polar surface area (TPSA) is 32.8 Å². The summed E-state index contributed by atoms with van der Waals surface area (Å²) in [6.07, 6.45) is 8.51. The summed E-state index contributed by atoms with van der Waals surface area (Å²) in [6, 6.07) is 10.3. The second kappa shape index (κ2) is 7.93. The highest BCUT2D eigenvalue weighted by molar-refractivity contribution is 5.79. The van der Waals surface area contributed by atoms with Gasteiger partial charge in [0.05, 0.1) is 6.61 Å². The Balaban J connectivity index is 1.27. The van der Waals surface area contributed by atoms with Gasteiger partial charge in [0.1, 0.15) is 0 Å². The molecule has 3 saturated heterocycles. The number of likely N-dealkylation sites (tertiary alicyclic amines) is 2. The summed E-state index contributed by atoms with van der Waals surface area (Å²) in [6.45, 7) is 6.98. The number of hydrogen-bond acceptors (Lipinski definition) is 3. The van der Waals surface area contributed by atoms with Crippen molar-refractivity contribution < 1.29 is 9.53 Å². The fraction of sp³-hybridized carbons (Fsp3) is 0.591. The van der Waals surface area contributed by atoms with Gasteiger partial charge in [-0.15, -0.1) is 0 Å². The summed E-state index contributed by atoms with van der Waals surface area (Å²) < 4.78 is 5.51. The van der Waals surface area contributed by atoms with E-state index in [4.69, 9.17) is 4.74 Å². The van der Waals surface area contributed by atoms with Crippen molar-refractivity contribution in [1.29, 1.82) is 0 Å².